The van der Waals surface area contributed by atoms with E-state index >= 15 is 0 Å². The van der Waals surface area contributed by atoms with Gasteiger partial charge in [0.15, 0.2) is 5.82 Å². The maximum absolute atomic E-state index is 5.78. The summed E-state index contributed by atoms with van der Waals surface area (Å²) >= 11 is 1.74. The molecule has 0 N–H and O–H groups in total. The molecule has 0 aliphatic rings. The third kappa shape index (κ3) is 3.85. The second-order valence-electron chi connectivity index (χ2n) is 15.3. The highest BCUT2D eigenvalue weighted by Gasteiger charge is 2.27. The lowest BCUT2D eigenvalue weighted by Crippen LogP contribution is -2.06. The number of aromatic nitrogens is 5. The van der Waals surface area contributed by atoms with Gasteiger partial charge in [0, 0.05) is 53.2 Å². The van der Waals surface area contributed by atoms with Crippen LogP contribution in [0.25, 0.3) is 125 Å². The molecular weight excluding hydrogens is 727 g/mol. The van der Waals surface area contributed by atoms with Crippen molar-refractivity contribution in [1.82, 2.24) is 23.5 Å². The Labute approximate surface area is 334 Å². The minimum Gasteiger partial charge on any atom is -0.308 e. The van der Waals surface area contributed by atoms with Crippen molar-refractivity contribution in [2.45, 2.75) is 0 Å². The summed E-state index contributed by atoms with van der Waals surface area (Å²) in [7, 11) is 0. The van der Waals surface area contributed by atoms with Gasteiger partial charge in [0.25, 0.3) is 0 Å². The maximum atomic E-state index is 5.78. The molecule has 268 valence electrons. The molecule has 0 spiro atoms. The van der Waals surface area contributed by atoms with Crippen LogP contribution in [0.15, 0.2) is 176 Å². The summed E-state index contributed by atoms with van der Waals surface area (Å²) in [5.74, 6) is 1.55. The smallest absolute Gasteiger partial charge is 0.238 e. The first-order valence-corrected chi connectivity index (χ1v) is 20.5. The van der Waals surface area contributed by atoms with E-state index in [4.69, 9.17) is 9.97 Å². The Bertz CT molecular complexity index is 3980. The first-order valence-electron chi connectivity index (χ1n) is 19.7. The molecule has 0 unspecified atom stereocenters. The standard InChI is InChI=1S/C52H29N5S/c1-2-14-30(15-3-1)31-26-27-44-37(28-31)39-29-38-34-18-6-9-21-40(34)55-43-24-12-7-19-35(43)46(48(38)55)49(39)57(44)50-47-36-20-8-13-25-45(36)58-51(47)54-52(53-50)56-41-22-10-4-16-32(41)33-17-5-11-23-42(33)56/h1-29H. The lowest BCUT2D eigenvalue weighted by Gasteiger charge is -2.13. The second kappa shape index (κ2) is 11.1. The van der Waals surface area contributed by atoms with Crippen LogP contribution < -0.4 is 0 Å². The Morgan fingerprint density at radius 2 is 0.931 bits per heavy atom. The number of hydrogen-bond donors (Lipinski definition) is 0. The van der Waals surface area contributed by atoms with Crippen LogP contribution in [0.3, 0.4) is 0 Å². The first-order chi connectivity index (χ1) is 28.8. The topological polar surface area (TPSA) is 40.0 Å². The monoisotopic (exact) mass is 755 g/mol. The molecule has 0 saturated carbocycles. The zero-order chi connectivity index (χ0) is 37.6. The Morgan fingerprint density at radius 3 is 1.67 bits per heavy atom. The summed E-state index contributed by atoms with van der Waals surface area (Å²) in [6.07, 6.45) is 0. The van der Waals surface area contributed by atoms with Crippen molar-refractivity contribution in [3.8, 4) is 22.9 Å². The van der Waals surface area contributed by atoms with Crippen molar-refractivity contribution < 1.29 is 0 Å². The van der Waals surface area contributed by atoms with Crippen LogP contribution in [-0.4, -0.2) is 23.5 Å². The molecule has 0 aliphatic carbocycles. The van der Waals surface area contributed by atoms with E-state index in [1.165, 1.54) is 75.5 Å². The molecule has 0 fully saturated rings. The number of rotatable bonds is 3. The van der Waals surface area contributed by atoms with E-state index in [2.05, 4.69) is 189 Å². The largest absolute Gasteiger partial charge is 0.308 e. The first kappa shape index (κ1) is 30.7. The Hall–Kier alpha value is -7.54. The fraction of sp³-hybridized carbons (Fsp3) is 0. The van der Waals surface area contributed by atoms with Gasteiger partial charge in [-0.15, -0.1) is 11.3 Å². The molecule has 5 nitrogen and oxygen atoms in total. The highest BCUT2D eigenvalue weighted by molar-refractivity contribution is 7.25. The number of hydrogen-bond acceptors (Lipinski definition) is 3. The predicted molar refractivity (Wildman–Crippen MR) is 244 cm³/mol. The molecule has 0 atom stereocenters. The number of benzene rings is 8. The molecule has 0 amide bonds. The molecule has 58 heavy (non-hydrogen) atoms. The van der Waals surface area contributed by atoms with Gasteiger partial charge in [-0.1, -0.05) is 127 Å². The SMILES string of the molecule is c1ccc(-c2ccc3c(c2)c2cc4c5ccccc5n5c6ccccc6c(c2n3-c2nc(-n3c6ccccc6c6ccccc63)nc3sc6ccccc6c23)c45)cc1. The van der Waals surface area contributed by atoms with Crippen LogP contribution in [0.5, 0.6) is 0 Å². The number of thiophene rings is 1. The highest BCUT2D eigenvalue weighted by Crippen LogP contribution is 2.48. The summed E-state index contributed by atoms with van der Waals surface area (Å²) in [4.78, 5) is 12.2. The van der Waals surface area contributed by atoms with Crippen LogP contribution in [-0.2, 0) is 0 Å². The minimum atomic E-state index is 0.661. The van der Waals surface area contributed by atoms with Crippen molar-refractivity contribution in [2.24, 2.45) is 0 Å². The third-order valence-corrected chi connectivity index (χ3v) is 13.5. The van der Waals surface area contributed by atoms with Crippen molar-refractivity contribution in [2.75, 3.05) is 0 Å². The van der Waals surface area contributed by atoms with Gasteiger partial charge in [-0.05, 0) is 59.7 Å². The van der Waals surface area contributed by atoms with Gasteiger partial charge in [-0.25, -0.2) is 4.98 Å². The Kier molecular flexibility index (Phi) is 5.85. The van der Waals surface area contributed by atoms with Crippen LogP contribution in [0.2, 0.25) is 0 Å². The summed E-state index contributed by atoms with van der Waals surface area (Å²) in [6.45, 7) is 0. The highest BCUT2D eigenvalue weighted by atomic mass is 32.1. The summed E-state index contributed by atoms with van der Waals surface area (Å²) in [5.41, 5.74) is 10.5. The summed E-state index contributed by atoms with van der Waals surface area (Å²) in [5, 5.41) is 12.0. The molecule has 14 rings (SSSR count). The number of para-hydroxylation sites is 4. The van der Waals surface area contributed by atoms with Crippen molar-refractivity contribution in [3.63, 3.8) is 0 Å². The quantitative estimate of drug-likeness (QED) is 0.180. The van der Waals surface area contributed by atoms with E-state index in [-0.39, 0.29) is 0 Å². The predicted octanol–water partition coefficient (Wildman–Crippen LogP) is 13.9. The minimum absolute atomic E-state index is 0.661. The van der Waals surface area contributed by atoms with Crippen molar-refractivity contribution >= 4 is 113 Å². The third-order valence-electron chi connectivity index (χ3n) is 12.4. The normalized spacial score (nSPS) is 12.5. The van der Waals surface area contributed by atoms with Gasteiger partial charge < -0.3 is 4.40 Å². The molecular formula is C52H29N5S. The fourth-order valence-electron chi connectivity index (χ4n) is 10.0. The van der Waals surface area contributed by atoms with Gasteiger partial charge in [-0.3, -0.25) is 9.13 Å². The van der Waals surface area contributed by atoms with E-state index in [9.17, 15) is 0 Å². The zero-order valence-electron chi connectivity index (χ0n) is 30.9. The molecule has 0 bridgehead atoms. The lowest BCUT2D eigenvalue weighted by molar-refractivity contribution is 0.977. The van der Waals surface area contributed by atoms with Gasteiger partial charge in [0.05, 0.1) is 44.0 Å². The molecule has 6 heterocycles. The van der Waals surface area contributed by atoms with Crippen molar-refractivity contribution in [3.05, 3.63) is 176 Å². The zero-order valence-corrected chi connectivity index (χ0v) is 31.7. The van der Waals surface area contributed by atoms with E-state index < -0.39 is 0 Å². The molecule has 14 aromatic rings. The fourth-order valence-corrected chi connectivity index (χ4v) is 11.1. The Balaban J connectivity index is 1.23. The maximum Gasteiger partial charge on any atom is 0.238 e. The molecule has 0 radical (unpaired) electrons. The van der Waals surface area contributed by atoms with E-state index in [0.717, 1.165) is 43.5 Å². The number of nitrogens with zero attached hydrogens (tertiary/aromatic N) is 5. The molecule has 0 aliphatic heterocycles. The molecule has 8 aromatic carbocycles. The van der Waals surface area contributed by atoms with Gasteiger partial charge >= 0.3 is 0 Å². The Morgan fingerprint density at radius 1 is 0.362 bits per heavy atom. The molecule has 6 aromatic heterocycles. The molecule has 6 heteroatoms. The van der Waals surface area contributed by atoms with Crippen molar-refractivity contribution in [1.29, 1.82) is 0 Å². The van der Waals surface area contributed by atoms with Gasteiger partial charge in [0.2, 0.25) is 5.95 Å². The number of fused-ring (bicyclic) bond motifs is 16. The van der Waals surface area contributed by atoms with Crippen LogP contribution in [0.1, 0.15) is 0 Å². The average Bonchev–Trinajstić information content (AvgIpc) is 4.08. The van der Waals surface area contributed by atoms with E-state index in [0.29, 0.717) is 5.95 Å². The van der Waals surface area contributed by atoms with E-state index in [1.807, 2.05) is 0 Å². The van der Waals surface area contributed by atoms with Crippen LogP contribution in [0.4, 0.5) is 0 Å². The lowest BCUT2D eigenvalue weighted by atomic mass is 10.0. The summed E-state index contributed by atoms with van der Waals surface area (Å²) in [6, 6.07) is 63.8. The van der Waals surface area contributed by atoms with Gasteiger partial charge in [-0.2, -0.15) is 4.98 Å². The average molecular weight is 756 g/mol. The van der Waals surface area contributed by atoms with Gasteiger partial charge in [0.1, 0.15) is 4.83 Å². The summed E-state index contributed by atoms with van der Waals surface area (Å²) < 4.78 is 8.39. The molecule has 0 saturated heterocycles. The van der Waals surface area contributed by atoms with Crippen LogP contribution in [0, 0.1) is 0 Å². The van der Waals surface area contributed by atoms with Crippen LogP contribution >= 0.6 is 11.3 Å². The second-order valence-corrected chi connectivity index (χ2v) is 16.4. The van der Waals surface area contributed by atoms with E-state index in [1.54, 1.807) is 11.3 Å².